The van der Waals surface area contributed by atoms with E-state index in [1.165, 1.54) is 30.2 Å². The third-order valence-electron chi connectivity index (χ3n) is 10.1. The number of hydrogen-bond donors (Lipinski definition) is 2. The van der Waals surface area contributed by atoms with Crippen molar-refractivity contribution in [2.45, 2.75) is 95.9 Å². The Balaban J connectivity index is 1.53. The molecule has 274 valence electrons. The van der Waals surface area contributed by atoms with Crippen LogP contribution in [0.15, 0.2) is 54.1 Å². The zero-order chi connectivity index (χ0) is 37.4. The van der Waals surface area contributed by atoms with E-state index in [0.717, 1.165) is 16.7 Å². The summed E-state index contributed by atoms with van der Waals surface area (Å²) in [5.41, 5.74) is 0.813. The first-order chi connectivity index (χ1) is 23.9. The molecule has 3 aliphatic heterocycles. The first-order valence-electron chi connectivity index (χ1n) is 16.7. The summed E-state index contributed by atoms with van der Waals surface area (Å²) in [6.07, 6.45) is 0.980. The topological polar surface area (TPSA) is 170 Å². The lowest BCUT2D eigenvalue weighted by Crippen LogP contribution is -2.53. The van der Waals surface area contributed by atoms with Gasteiger partial charge < -0.3 is 29.0 Å². The van der Waals surface area contributed by atoms with Crippen molar-refractivity contribution in [1.29, 1.82) is 0 Å². The van der Waals surface area contributed by atoms with Gasteiger partial charge >= 0.3 is 12.1 Å². The molecule has 5 rings (SSSR count). The molecule has 0 unspecified atom stereocenters. The van der Waals surface area contributed by atoms with Gasteiger partial charge in [0.15, 0.2) is 0 Å². The molecule has 2 fully saturated rings. The number of nitrogens with zero attached hydrogens (tertiary/aromatic N) is 2. The number of carbonyl (C=O) groups is 3. The number of anilines is 2. The number of esters is 1. The normalized spacial score (nSPS) is 31.4. The predicted molar refractivity (Wildman–Crippen MR) is 190 cm³/mol. The van der Waals surface area contributed by atoms with Crippen molar-refractivity contribution < 1.29 is 43.4 Å². The standard InChI is InChI=1S/C37H44ClN3O10/c1-20-9-8-10-29(48-7)37(45)18-28(49-32(43)19-37)23(4)34-36(5,51-34)30(50-35(44)39-26-16-25(41(46)47)12-11-21(26)2)17-31(42)40(6)27-15-24(13-20)14-22(3)33(27)38/h8-12,14-16,23,28-30,34,45H,13,17-19H2,1-7H3,(H,39,44)/b10-8+,20-9+/t23-,28+,29-,30+,34+,36+,37-/m1/s1. The molecule has 0 spiro atoms. The van der Waals surface area contributed by atoms with Crippen LogP contribution in [0.3, 0.4) is 0 Å². The zero-order valence-corrected chi connectivity index (χ0v) is 30.5. The van der Waals surface area contributed by atoms with Gasteiger partial charge in [0.05, 0.1) is 40.3 Å². The van der Waals surface area contributed by atoms with E-state index >= 15 is 0 Å². The number of allylic oxidation sites excluding steroid dienone is 3. The highest BCUT2D eigenvalue weighted by atomic mass is 35.5. The Morgan fingerprint density at radius 3 is 2.59 bits per heavy atom. The summed E-state index contributed by atoms with van der Waals surface area (Å²) in [5, 5.41) is 26.1. The molecule has 3 heterocycles. The summed E-state index contributed by atoms with van der Waals surface area (Å²) in [4.78, 5) is 52.6. The van der Waals surface area contributed by atoms with E-state index < -0.39 is 64.4 Å². The van der Waals surface area contributed by atoms with E-state index in [2.05, 4.69) is 5.32 Å². The van der Waals surface area contributed by atoms with Gasteiger partial charge in [-0.2, -0.15) is 0 Å². The molecular formula is C37H44ClN3O10. The summed E-state index contributed by atoms with van der Waals surface area (Å²) in [6, 6.07) is 7.82. The Bertz CT molecular complexity index is 1800. The molecule has 14 heteroatoms. The number of nitro benzene ring substituents is 1. The largest absolute Gasteiger partial charge is 0.462 e. The zero-order valence-electron chi connectivity index (χ0n) is 29.7. The van der Waals surface area contributed by atoms with Crippen LogP contribution in [0.1, 0.15) is 56.7 Å². The molecule has 2 aromatic rings. The number of rotatable bonds is 4. The van der Waals surface area contributed by atoms with Crippen LogP contribution < -0.4 is 10.2 Å². The Kier molecular flexibility index (Phi) is 11.0. The Morgan fingerprint density at radius 1 is 1.18 bits per heavy atom. The highest BCUT2D eigenvalue weighted by Crippen LogP contribution is 2.49. The molecule has 2 amide bonds. The second kappa shape index (κ2) is 14.7. The molecule has 0 radical (unpaired) electrons. The quantitative estimate of drug-likeness (QED) is 0.162. The number of epoxide rings is 1. The van der Waals surface area contributed by atoms with Gasteiger partial charge in [-0.1, -0.05) is 54.5 Å². The minimum Gasteiger partial charge on any atom is -0.462 e. The molecule has 0 aromatic heterocycles. The van der Waals surface area contributed by atoms with Crippen molar-refractivity contribution in [2.24, 2.45) is 5.92 Å². The number of nitro groups is 1. The molecule has 0 aliphatic carbocycles. The van der Waals surface area contributed by atoms with Crippen LogP contribution in [-0.2, 0) is 35.0 Å². The van der Waals surface area contributed by atoms with Gasteiger partial charge in [0.1, 0.15) is 29.5 Å². The van der Waals surface area contributed by atoms with Gasteiger partial charge in [-0.25, -0.2) is 4.79 Å². The molecule has 13 nitrogen and oxygen atoms in total. The Labute approximate surface area is 301 Å². The summed E-state index contributed by atoms with van der Waals surface area (Å²) in [7, 11) is 3.06. The minimum atomic E-state index is -1.58. The molecule has 7 atom stereocenters. The number of ether oxygens (including phenoxy) is 4. The van der Waals surface area contributed by atoms with Crippen molar-refractivity contribution >= 4 is 46.6 Å². The summed E-state index contributed by atoms with van der Waals surface area (Å²) < 4.78 is 23.5. The molecule has 4 bridgehead atoms. The monoisotopic (exact) mass is 725 g/mol. The highest BCUT2D eigenvalue weighted by molar-refractivity contribution is 6.34. The summed E-state index contributed by atoms with van der Waals surface area (Å²) in [5.74, 6) is -1.53. The fraction of sp³-hybridized carbons (Fsp3) is 0.486. The summed E-state index contributed by atoms with van der Waals surface area (Å²) in [6.45, 7) is 8.98. The Morgan fingerprint density at radius 2 is 1.90 bits per heavy atom. The number of methoxy groups -OCH3 is 1. The van der Waals surface area contributed by atoms with Crippen LogP contribution in [0.2, 0.25) is 5.02 Å². The minimum absolute atomic E-state index is 0.0464. The van der Waals surface area contributed by atoms with Gasteiger partial charge in [-0.15, -0.1) is 0 Å². The number of aliphatic hydroxyl groups is 1. The van der Waals surface area contributed by atoms with Crippen molar-refractivity contribution in [1.82, 2.24) is 0 Å². The van der Waals surface area contributed by atoms with Gasteiger partial charge in [-0.05, 0) is 56.9 Å². The number of halogens is 1. The van der Waals surface area contributed by atoms with Crippen LogP contribution >= 0.6 is 11.6 Å². The fourth-order valence-electron chi connectivity index (χ4n) is 7.02. The number of nitrogens with one attached hydrogen (secondary N) is 1. The van der Waals surface area contributed by atoms with Gasteiger partial charge in [0.25, 0.3) is 5.69 Å². The van der Waals surface area contributed by atoms with Crippen LogP contribution in [0.25, 0.3) is 0 Å². The maximum absolute atomic E-state index is 14.0. The first kappa shape index (κ1) is 37.9. The average molecular weight is 726 g/mol. The maximum Gasteiger partial charge on any atom is 0.412 e. The molecular weight excluding hydrogens is 682 g/mol. The van der Waals surface area contributed by atoms with Gasteiger partial charge in [0, 0.05) is 38.6 Å². The molecule has 2 saturated heterocycles. The lowest BCUT2D eigenvalue weighted by Gasteiger charge is -2.41. The number of carbonyl (C=O) groups excluding carboxylic acids is 3. The van der Waals surface area contributed by atoms with Crippen molar-refractivity contribution in [3.63, 3.8) is 0 Å². The van der Waals surface area contributed by atoms with E-state index in [9.17, 15) is 29.6 Å². The number of fused-ring (bicyclic) bond motifs is 5. The smallest absolute Gasteiger partial charge is 0.412 e. The molecule has 0 saturated carbocycles. The summed E-state index contributed by atoms with van der Waals surface area (Å²) >= 11 is 6.74. The van der Waals surface area contributed by atoms with E-state index in [1.54, 1.807) is 40.0 Å². The molecule has 3 aliphatic rings. The lowest BCUT2D eigenvalue weighted by atomic mass is 9.78. The molecule has 2 N–H and O–H groups in total. The van der Waals surface area contributed by atoms with Gasteiger partial charge in [-0.3, -0.25) is 25.0 Å². The maximum atomic E-state index is 14.0. The van der Waals surface area contributed by atoms with Crippen LogP contribution in [0.4, 0.5) is 21.9 Å². The Hall–Kier alpha value is -4.30. The number of non-ortho nitro benzene ring substituents is 1. The number of aryl methyl sites for hydroxylation is 2. The molecule has 51 heavy (non-hydrogen) atoms. The number of benzene rings is 2. The predicted octanol–water partition coefficient (Wildman–Crippen LogP) is 6.14. The van der Waals surface area contributed by atoms with E-state index in [1.807, 2.05) is 32.1 Å². The average Bonchev–Trinajstić information content (AvgIpc) is 3.75. The van der Waals surface area contributed by atoms with Crippen LogP contribution in [0.5, 0.6) is 0 Å². The van der Waals surface area contributed by atoms with Crippen molar-refractivity contribution in [3.8, 4) is 0 Å². The fourth-order valence-corrected chi connectivity index (χ4v) is 7.26. The van der Waals surface area contributed by atoms with E-state index in [-0.39, 0.29) is 30.6 Å². The van der Waals surface area contributed by atoms with Gasteiger partial charge in [0.2, 0.25) is 5.91 Å². The second-order valence-corrected chi connectivity index (χ2v) is 14.4. The third-order valence-corrected chi connectivity index (χ3v) is 10.6. The third kappa shape index (κ3) is 8.12. The van der Waals surface area contributed by atoms with E-state index in [4.69, 9.17) is 30.5 Å². The number of amides is 2. The SMILES string of the molecule is CO[C@@H]1/C=C/C=C(\C)Cc2cc(C)c(Cl)c(c2)N(C)C(=O)C[C@H](OC(=O)Nc2cc([N+](=O)[O-])ccc2C)[C@]2(C)O[C@H]2[C@H](C)[C@@H]2C[C@@]1(O)CC(=O)O2. The second-order valence-electron chi connectivity index (χ2n) is 14.0. The lowest BCUT2D eigenvalue weighted by molar-refractivity contribution is -0.384. The highest BCUT2D eigenvalue weighted by Gasteiger charge is 2.64. The van der Waals surface area contributed by atoms with Crippen molar-refractivity contribution in [3.05, 3.63) is 86.0 Å². The molecule has 2 aromatic carbocycles. The van der Waals surface area contributed by atoms with Crippen molar-refractivity contribution in [2.75, 3.05) is 24.4 Å². The van der Waals surface area contributed by atoms with Crippen LogP contribution in [0, 0.1) is 29.9 Å². The van der Waals surface area contributed by atoms with Crippen LogP contribution in [-0.4, -0.2) is 77.8 Å². The first-order valence-corrected chi connectivity index (χ1v) is 17.1. The van der Waals surface area contributed by atoms with E-state index in [0.29, 0.717) is 22.7 Å². The number of hydrogen-bond acceptors (Lipinski definition) is 10.